The second-order valence-electron chi connectivity index (χ2n) is 3.53. The molecule has 86 valence electrons. The second-order valence-corrected chi connectivity index (χ2v) is 3.53. The van der Waals surface area contributed by atoms with Gasteiger partial charge in [-0.05, 0) is 12.0 Å². The molecule has 1 unspecified atom stereocenters. The Morgan fingerprint density at radius 1 is 1.31 bits per heavy atom. The van der Waals surface area contributed by atoms with Crippen LogP contribution in [-0.4, -0.2) is 23.7 Å². The molecule has 4 heteroatoms. The van der Waals surface area contributed by atoms with Gasteiger partial charge in [0.15, 0.2) is 0 Å². The van der Waals surface area contributed by atoms with Gasteiger partial charge in [0.2, 0.25) is 0 Å². The summed E-state index contributed by atoms with van der Waals surface area (Å²) in [5.74, 6) is -2.10. The van der Waals surface area contributed by atoms with Crippen LogP contribution in [0.3, 0.4) is 0 Å². The number of hydrogen-bond acceptors (Lipinski definition) is 3. The van der Waals surface area contributed by atoms with Gasteiger partial charge < -0.3 is 9.84 Å². The highest BCUT2D eigenvalue weighted by Gasteiger charge is 2.19. The van der Waals surface area contributed by atoms with Crippen molar-refractivity contribution in [2.75, 3.05) is 6.61 Å². The fourth-order valence-corrected chi connectivity index (χ4v) is 1.33. The highest BCUT2D eigenvalue weighted by atomic mass is 16.5. The Bertz CT molecular complexity index is 359. The van der Waals surface area contributed by atoms with Gasteiger partial charge in [0.25, 0.3) is 0 Å². The van der Waals surface area contributed by atoms with Crippen LogP contribution in [0.5, 0.6) is 0 Å². The SMILES string of the molecule is CC(=O)OCC(Cc1ccccc1)C(=O)O. The van der Waals surface area contributed by atoms with Crippen LogP contribution >= 0.6 is 0 Å². The first-order chi connectivity index (χ1) is 7.59. The van der Waals surface area contributed by atoms with Crippen molar-refractivity contribution in [2.45, 2.75) is 13.3 Å². The normalized spacial score (nSPS) is 11.8. The van der Waals surface area contributed by atoms with E-state index >= 15 is 0 Å². The molecule has 16 heavy (non-hydrogen) atoms. The zero-order valence-corrected chi connectivity index (χ0v) is 9.05. The zero-order chi connectivity index (χ0) is 12.0. The Kier molecular flexibility index (Phi) is 4.51. The summed E-state index contributed by atoms with van der Waals surface area (Å²) >= 11 is 0. The van der Waals surface area contributed by atoms with Gasteiger partial charge in [0, 0.05) is 6.92 Å². The predicted molar refractivity (Wildman–Crippen MR) is 57.9 cm³/mol. The maximum Gasteiger partial charge on any atom is 0.310 e. The lowest BCUT2D eigenvalue weighted by Gasteiger charge is -2.11. The molecular weight excluding hydrogens is 208 g/mol. The molecule has 1 atom stereocenters. The van der Waals surface area contributed by atoms with E-state index in [9.17, 15) is 9.59 Å². The van der Waals surface area contributed by atoms with Gasteiger partial charge in [-0.25, -0.2) is 0 Å². The van der Waals surface area contributed by atoms with Gasteiger partial charge in [-0.15, -0.1) is 0 Å². The molecule has 0 heterocycles. The predicted octanol–water partition coefficient (Wildman–Crippen LogP) is 1.49. The van der Waals surface area contributed by atoms with Gasteiger partial charge in [0.1, 0.15) is 6.61 Å². The van der Waals surface area contributed by atoms with E-state index in [-0.39, 0.29) is 6.61 Å². The smallest absolute Gasteiger partial charge is 0.310 e. The van der Waals surface area contributed by atoms with Crippen LogP contribution in [0, 0.1) is 5.92 Å². The van der Waals surface area contributed by atoms with Gasteiger partial charge in [-0.2, -0.15) is 0 Å². The van der Waals surface area contributed by atoms with Crippen molar-refractivity contribution >= 4 is 11.9 Å². The van der Waals surface area contributed by atoms with E-state index in [0.29, 0.717) is 6.42 Å². The lowest BCUT2D eigenvalue weighted by atomic mass is 10.0. The molecule has 0 saturated carbocycles. The van der Waals surface area contributed by atoms with Crippen molar-refractivity contribution in [3.63, 3.8) is 0 Å². The van der Waals surface area contributed by atoms with Crippen molar-refractivity contribution in [2.24, 2.45) is 5.92 Å². The summed E-state index contributed by atoms with van der Waals surface area (Å²) in [7, 11) is 0. The van der Waals surface area contributed by atoms with E-state index in [1.165, 1.54) is 6.92 Å². The molecule has 1 N–H and O–H groups in total. The number of ether oxygens (including phenoxy) is 1. The largest absolute Gasteiger partial charge is 0.481 e. The number of carbonyl (C=O) groups is 2. The minimum Gasteiger partial charge on any atom is -0.481 e. The van der Waals surface area contributed by atoms with Crippen LogP contribution < -0.4 is 0 Å². The summed E-state index contributed by atoms with van der Waals surface area (Å²) in [6.07, 6.45) is 0.365. The molecule has 0 fully saturated rings. The molecule has 0 saturated heterocycles. The first-order valence-electron chi connectivity index (χ1n) is 4.99. The molecule has 0 aromatic heterocycles. The highest BCUT2D eigenvalue weighted by Crippen LogP contribution is 2.09. The second kappa shape index (κ2) is 5.90. The van der Waals surface area contributed by atoms with E-state index in [4.69, 9.17) is 9.84 Å². The Morgan fingerprint density at radius 3 is 2.44 bits per heavy atom. The molecule has 4 nitrogen and oxygen atoms in total. The van der Waals surface area contributed by atoms with Crippen molar-refractivity contribution in [3.05, 3.63) is 35.9 Å². The molecule has 0 amide bonds. The van der Waals surface area contributed by atoms with Crippen molar-refractivity contribution in [1.29, 1.82) is 0 Å². The average molecular weight is 222 g/mol. The Balaban J connectivity index is 2.58. The maximum atomic E-state index is 10.9. The minimum atomic E-state index is -0.954. The monoisotopic (exact) mass is 222 g/mol. The first-order valence-corrected chi connectivity index (χ1v) is 4.99. The molecule has 1 rings (SSSR count). The van der Waals surface area contributed by atoms with Gasteiger partial charge >= 0.3 is 11.9 Å². The molecule has 0 aliphatic heterocycles. The zero-order valence-electron chi connectivity index (χ0n) is 9.05. The minimum absolute atomic E-state index is 0.0838. The topological polar surface area (TPSA) is 63.6 Å². The first kappa shape index (κ1) is 12.2. The molecule has 1 aromatic rings. The molecular formula is C12H14O4. The highest BCUT2D eigenvalue weighted by molar-refractivity contribution is 5.71. The molecule has 0 aliphatic rings. The summed E-state index contributed by atoms with van der Waals surface area (Å²) in [4.78, 5) is 21.5. The Labute approximate surface area is 93.9 Å². The maximum absolute atomic E-state index is 10.9. The van der Waals surface area contributed by atoms with Crippen LogP contribution in [0.1, 0.15) is 12.5 Å². The third kappa shape index (κ3) is 4.13. The molecule has 0 spiro atoms. The summed E-state index contributed by atoms with van der Waals surface area (Å²) in [5, 5.41) is 8.96. The number of carboxylic acids is 1. The van der Waals surface area contributed by atoms with Crippen molar-refractivity contribution in [3.8, 4) is 0 Å². The van der Waals surface area contributed by atoms with Gasteiger partial charge in [0.05, 0.1) is 5.92 Å². The quantitative estimate of drug-likeness (QED) is 0.767. The third-order valence-electron chi connectivity index (χ3n) is 2.16. The fourth-order valence-electron chi connectivity index (χ4n) is 1.33. The summed E-state index contributed by atoms with van der Waals surface area (Å²) in [6.45, 7) is 1.18. The number of carboxylic acid groups (broad SMARTS) is 1. The molecule has 1 aromatic carbocycles. The van der Waals surface area contributed by atoms with Crippen LogP contribution in [0.2, 0.25) is 0 Å². The van der Waals surface area contributed by atoms with E-state index < -0.39 is 17.9 Å². The Morgan fingerprint density at radius 2 is 1.94 bits per heavy atom. The van der Waals surface area contributed by atoms with Crippen LogP contribution in [0.15, 0.2) is 30.3 Å². The van der Waals surface area contributed by atoms with E-state index in [1.54, 1.807) is 0 Å². The number of carbonyl (C=O) groups excluding carboxylic acids is 1. The van der Waals surface area contributed by atoms with Crippen LogP contribution in [0.4, 0.5) is 0 Å². The number of esters is 1. The third-order valence-corrected chi connectivity index (χ3v) is 2.16. The van der Waals surface area contributed by atoms with Gasteiger partial charge in [-0.1, -0.05) is 30.3 Å². The summed E-state index contributed by atoms with van der Waals surface area (Å²) < 4.78 is 4.72. The van der Waals surface area contributed by atoms with Gasteiger partial charge in [-0.3, -0.25) is 9.59 Å². The molecule has 0 bridgehead atoms. The fraction of sp³-hybridized carbons (Fsp3) is 0.333. The summed E-state index contributed by atoms with van der Waals surface area (Å²) in [6, 6.07) is 9.26. The van der Waals surface area contributed by atoms with Crippen LogP contribution in [0.25, 0.3) is 0 Å². The van der Waals surface area contributed by atoms with Crippen LogP contribution in [-0.2, 0) is 20.7 Å². The lowest BCUT2D eigenvalue weighted by Crippen LogP contribution is -2.23. The summed E-state index contributed by atoms with van der Waals surface area (Å²) in [5.41, 5.74) is 0.919. The van der Waals surface area contributed by atoms with E-state index in [1.807, 2.05) is 30.3 Å². The van der Waals surface area contributed by atoms with E-state index in [0.717, 1.165) is 5.56 Å². The standard InChI is InChI=1S/C12H14O4/c1-9(13)16-8-11(12(14)15)7-10-5-3-2-4-6-10/h2-6,11H,7-8H2,1H3,(H,14,15). The van der Waals surface area contributed by atoms with Crippen molar-refractivity contribution in [1.82, 2.24) is 0 Å². The van der Waals surface area contributed by atoms with Crippen molar-refractivity contribution < 1.29 is 19.4 Å². The Hall–Kier alpha value is -1.84. The number of hydrogen-bond donors (Lipinski definition) is 1. The number of rotatable bonds is 5. The number of aliphatic carboxylic acids is 1. The average Bonchev–Trinajstić information content (AvgIpc) is 2.25. The molecule has 0 radical (unpaired) electrons. The van der Waals surface area contributed by atoms with E-state index in [2.05, 4.69) is 0 Å². The molecule has 0 aliphatic carbocycles. The number of benzene rings is 1. The lowest BCUT2D eigenvalue weighted by molar-refractivity contribution is -0.149.